The first-order valence-corrected chi connectivity index (χ1v) is 7.94. The molecule has 2 atom stereocenters. The van der Waals surface area contributed by atoms with Crippen molar-refractivity contribution in [2.45, 2.75) is 26.4 Å². The van der Waals surface area contributed by atoms with E-state index in [1.54, 1.807) is 24.3 Å². The molecule has 0 bridgehead atoms. The standard InChI is InChI=1S/C18H24N2O3/c1-4-17(21)20-14-7-5-13(6-8-14)18(22)19-11-16-15(12(2)3)9-10-23-16/h4-8,12,15-16H,1,9-11H2,2-3H3,(H,19,22)(H,20,21)/t15-,16+/m0/s1. The lowest BCUT2D eigenvalue weighted by molar-refractivity contribution is -0.111. The molecule has 1 aliphatic heterocycles. The Labute approximate surface area is 137 Å². The van der Waals surface area contributed by atoms with Crippen molar-refractivity contribution in [3.05, 3.63) is 42.5 Å². The van der Waals surface area contributed by atoms with E-state index in [0.29, 0.717) is 29.6 Å². The molecule has 124 valence electrons. The molecule has 1 fully saturated rings. The van der Waals surface area contributed by atoms with E-state index in [4.69, 9.17) is 4.74 Å². The van der Waals surface area contributed by atoms with Crippen molar-refractivity contribution in [3.8, 4) is 0 Å². The molecule has 2 rings (SSSR count). The number of ether oxygens (including phenoxy) is 1. The molecule has 2 N–H and O–H groups in total. The highest BCUT2D eigenvalue weighted by atomic mass is 16.5. The van der Waals surface area contributed by atoms with Crippen LogP contribution in [0.25, 0.3) is 0 Å². The maximum Gasteiger partial charge on any atom is 0.251 e. The average Bonchev–Trinajstić information content (AvgIpc) is 3.02. The Bertz CT molecular complexity index is 566. The van der Waals surface area contributed by atoms with Gasteiger partial charge in [0.05, 0.1) is 6.10 Å². The third kappa shape index (κ3) is 4.66. The Morgan fingerprint density at radius 2 is 2.04 bits per heavy atom. The second-order valence-electron chi connectivity index (χ2n) is 6.09. The summed E-state index contributed by atoms with van der Waals surface area (Å²) in [5, 5.41) is 5.57. The van der Waals surface area contributed by atoms with Gasteiger partial charge in [0.1, 0.15) is 0 Å². The Balaban J connectivity index is 1.88. The molecule has 0 spiro atoms. The Kier molecular flexibility index (Phi) is 5.93. The van der Waals surface area contributed by atoms with Crippen LogP contribution in [-0.2, 0) is 9.53 Å². The highest BCUT2D eigenvalue weighted by molar-refractivity contribution is 5.99. The van der Waals surface area contributed by atoms with E-state index in [-0.39, 0.29) is 17.9 Å². The summed E-state index contributed by atoms with van der Waals surface area (Å²) in [5.41, 5.74) is 1.19. The lowest BCUT2D eigenvalue weighted by Crippen LogP contribution is -2.36. The van der Waals surface area contributed by atoms with Crippen molar-refractivity contribution in [1.29, 1.82) is 0 Å². The Hall–Kier alpha value is -2.14. The number of hydrogen-bond acceptors (Lipinski definition) is 3. The summed E-state index contributed by atoms with van der Waals surface area (Å²) in [6, 6.07) is 6.76. The normalized spacial score (nSPS) is 20.3. The summed E-state index contributed by atoms with van der Waals surface area (Å²) in [4.78, 5) is 23.4. The zero-order valence-electron chi connectivity index (χ0n) is 13.7. The number of rotatable bonds is 6. The lowest BCUT2D eigenvalue weighted by atomic mass is 9.89. The summed E-state index contributed by atoms with van der Waals surface area (Å²) >= 11 is 0. The summed E-state index contributed by atoms with van der Waals surface area (Å²) in [6.45, 7) is 9.05. The summed E-state index contributed by atoms with van der Waals surface area (Å²) in [7, 11) is 0. The number of carbonyl (C=O) groups excluding carboxylic acids is 2. The molecule has 1 aromatic rings. The van der Waals surface area contributed by atoms with Gasteiger partial charge >= 0.3 is 0 Å². The van der Waals surface area contributed by atoms with Gasteiger partial charge in [-0.15, -0.1) is 0 Å². The number of anilines is 1. The first-order valence-electron chi connectivity index (χ1n) is 7.94. The summed E-state index contributed by atoms with van der Waals surface area (Å²) in [5.74, 6) is 0.629. The van der Waals surface area contributed by atoms with Crippen LogP contribution in [0.2, 0.25) is 0 Å². The fraction of sp³-hybridized carbons (Fsp3) is 0.444. The largest absolute Gasteiger partial charge is 0.376 e. The van der Waals surface area contributed by atoms with Crippen molar-refractivity contribution >= 4 is 17.5 Å². The van der Waals surface area contributed by atoms with Crippen LogP contribution in [0.15, 0.2) is 36.9 Å². The number of amides is 2. The number of benzene rings is 1. The molecule has 0 aromatic heterocycles. The summed E-state index contributed by atoms with van der Waals surface area (Å²) < 4.78 is 5.72. The average molecular weight is 316 g/mol. The monoisotopic (exact) mass is 316 g/mol. The van der Waals surface area contributed by atoms with Gasteiger partial charge in [-0.05, 0) is 48.6 Å². The number of carbonyl (C=O) groups is 2. The fourth-order valence-corrected chi connectivity index (χ4v) is 2.83. The predicted molar refractivity (Wildman–Crippen MR) is 90.3 cm³/mol. The molecule has 1 saturated heterocycles. The SMILES string of the molecule is C=CC(=O)Nc1ccc(C(=O)NC[C@H]2OCC[C@H]2C(C)C)cc1. The van der Waals surface area contributed by atoms with Gasteiger partial charge in [0.25, 0.3) is 5.91 Å². The van der Waals surface area contributed by atoms with E-state index in [1.165, 1.54) is 6.08 Å². The molecule has 0 unspecified atom stereocenters. The topological polar surface area (TPSA) is 67.4 Å². The zero-order chi connectivity index (χ0) is 16.8. The third-order valence-electron chi connectivity index (χ3n) is 4.18. The van der Waals surface area contributed by atoms with Crippen LogP contribution < -0.4 is 10.6 Å². The van der Waals surface area contributed by atoms with E-state index >= 15 is 0 Å². The van der Waals surface area contributed by atoms with E-state index in [0.717, 1.165) is 13.0 Å². The van der Waals surface area contributed by atoms with Crippen molar-refractivity contribution in [2.24, 2.45) is 11.8 Å². The van der Waals surface area contributed by atoms with Crippen LogP contribution in [0.4, 0.5) is 5.69 Å². The van der Waals surface area contributed by atoms with Crippen molar-refractivity contribution in [1.82, 2.24) is 5.32 Å². The third-order valence-corrected chi connectivity index (χ3v) is 4.18. The second-order valence-corrected chi connectivity index (χ2v) is 6.09. The number of nitrogens with one attached hydrogen (secondary N) is 2. The van der Waals surface area contributed by atoms with Gasteiger partial charge in [0.15, 0.2) is 0 Å². The van der Waals surface area contributed by atoms with Gasteiger partial charge in [-0.2, -0.15) is 0 Å². The number of hydrogen-bond donors (Lipinski definition) is 2. The highest BCUT2D eigenvalue weighted by Gasteiger charge is 2.30. The molecule has 23 heavy (non-hydrogen) atoms. The van der Waals surface area contributed by atoms with Crippen LogP contribution in [-0.4, -0.2) is 31.1 Å². The molecule has 1 aliphatic rings. The molecule has 5 heteroatoms. The van der Waals surface area contributed by atoms with E-state index in [2.05, 4.69) is 31.1 Å². The highest BCUT2D eigenvalue weighted by Crippen LogP contribution is 2.27. The first kappa shape index (κ1) is 17.2. The van der Waals surface area contributed by atoms with Gasteiger partial charge in [0.2, 0.25) is 5.91 Å². The van der Waals surface area contributed by atoms with Gasteiger partial charge in [0, 0.05) is 24.4 Å². The Morgan fingerprint density at radius 1 is 1.35 bits per heavy atom. The van der Waals surface area contributed by atoms with Crippen LogP contribution in [0.5, 0.6) is 0 Å². The minimum Gasteiger partial charge on any atom is -0.376 e. The quantitative estimate of drug-likeness (QED) is 0.793. The van der Waals surface area contributed by atoms with Crippen molar-refractivity contribution in [3.63, 3.8) is 0 Å². The van der Waals surface area contributed by atoms with E-state index in [1.807, 2.05) is 0 Å². The predicted octanol–water partition coefficient (Wildman–Crippen LogP) is 2.60. The van der Waals surface area contributed by atoms with Crippen LogP contribution in [0.1, 0.15) is 30.6 Å². The summed E-state index contributed by atoms with van der Waals surface area (Å²) in [6.07, 6.45) is 2.34. The molecule has 0 radical (unpaired) electrons. The maximum atomic E-state index is 12.2. The molecule has 1 heterocycles. The molecule has 5 nitrogen and oxygen atoms in total. The molecule has 1 aromatic carbocycles. The van der Waals surface area contributed by atoms with E-state index in [9.17, 15) is 9.59 Å². The van der Waals surface area contributed by atoms with Gasteiger partial charge in [-0.1, -0.05) is 20.4 Å². The molecular weight excluding hydrogens is 292 g/mol. The van der Waals surface area contributed by atoms with Crippen molar-refractivity contribution < 1.29 is 14.3 Å². The van der Waals surface area contributed by atoms with E-state index < -0.39 is 0 Å². The smallest absolute Gasteiger partial charge is 0.251 e. The van der Waals surface area contributed by atoms with Gasteiger partial charge in [-0.3, -0.25) is 9.59 Å². The minimum atomic E-state index is -0.277. The van der Waals surface area contributed by atoms with Crippen LogP contribution >= 0.6 is 0 Å². The van der Waals surface area contributed by atoms with Crippen LogP contribution in [0, 0.1) is 11.8 Å². The maximum absolute atomic E-state index is 12.2. The Morgan fingerprint density at radius 3 is 2.65 bits per heavy atom. The second kappa shape index (κ2) is 7.92. The first-order chi connectivity index (χ1) is 11.0. The van der Waals surface area contributed by atoms with Gasteiger partial charge in [-0.25, -0.2) is 0 Å². The zero-order valence-corrected chi connectivity index (χ0v) is 13.7. The van der Waals surface area contributed by atoms with Crippen LogP contribution in [0.3, 0.4) is 0 Å². The molecule has 0 aliphatic carbocycles. The lowest BCUT2D eigenvalue weighted by Gasteiger charge is -2.22. The minimum absolute atomic E-state index is 0.0881. The fourth-order valence-electron chi connectivity index (χ4n) is 2.83. The molecule has 2 amide bonds. The molecular formula is C18H24N2O3. The van der Waals surface area contributed by atoms with Gasteiger partial charge < -0.3 is 15.4 Å². The molecule has 0 saturated carbocycles. The van der Waals surface area contributed by atoms with Crippen molar-refractivity contribution in [2.75, 3.05) is 18.5 Å².